The lowest BCUT2D eigenvalue weighted by atomic mass is 10.1. The first-order valence-corrected chi connectivity index (χ1v) is 7.74. The molecule has 0 aliphatic carbocycles. The number of rotatable bonds is 4. The first-order valence-electron chi connectivity index (χ1n) is 6.76. The van der Waals surface area contributed by atoms with Gasteiger partial charge in [-0.15, -0.1) is 0 Å². The quantitative estimate of drug-likeness (QED) is 0.680. The first kappa shape index (κ1) is 16.4. The van der Waals surface area contributed by atoms with Gasteiger partial charge in [0.25, 0.3) is 5.22 Å². The molecule has 4 nitrogen and oxygen atoms in total. The second-order valence-corrected chi connectivity index (χ2v) is 5.88. The summed E-state index contributed by atoms with van der Waals surface area (Å²) in [4.78, 5) is 15.1. The molecular formula is C16H10F3NO3S. The zero-order valence-electron chi connectivity index (χ0n) is 12.0. The number of halogens is 3. The van der Waals surface area contributed by atoms with Crippen LogP contribution in [0.1, 0.15) is 21.5 Å². The van der Waals surface area contributed by atoms with Crippen LogP contribution in [0.5, 0.6) is 0 Å². The highest BCUT2D eigenvalue weighted by Crippen LogP contribution is 2.31. The summed E-state index contributed by atoms with van der Waals surface area (Å²) in [6, 6.07) is 9.21. The largest absolute Gasteiger partial charge is 0.478 e. The van der Waals surface area contributed by atoms with E-state index in [1.807, 2.05) is 0 Å². The van der Waals surface area contributed by atoms with Gasteiger partial charge in [-0.1, -0.05) is 23.9 Å². The number of carboxylic acids is 1. The average molecular weight is 353 g/mol. The van der Waals surface area contributed by atoms with Gasteiger partial charge < -0.3 is 9.52 Å². The number of thioether (sulfide) groups is 1. The molecule has 24 heavy (non-hydrogen) atoms. The Morgan fingerprint density at radius 1 is 1.17 bits per heavy atom. The summed E-state index contributed by atoms with van der Waals surface area (Å²) in [5.41, 5.74) is 0.982. The number of fused-ring (bicyclic) bond motifs is 1. The standard InChI is InChI=1S/C16H10F3NO3S/c17-16(18,19)11-4-1-9(2-5-11)8-24-15-20-12-7-10(14(21)22)3-6-13(12)23-15/h1-7H,8H2,(H,21,22). The van der Waals surface area contributed by atoms with E-state index < -0.39 is 17.7 Å². The van der Waals surface area contributed by atoms with Gasteiger partial charge in [0.2, 0.25) is 0 Å². The number of carbonyl (C=O) groups is 1. The lowest BCUT2D eigenvalue weighted by molar-refractivity contribution is -0.137. The molecule has 0 spiro atoms. The summed E-state index contributed by atoms with van der Waals surface area (Å²) in [5.74, 6) is -0.671. The summed E-state index contributed by atoms with van der Waals surface area (Å²) in [5, 5.41) is 9.27. The fourth-order valence-electron chi connectivity index (χ4n) is 2.04. The van der Waals surface area contributed by atoms with Crippen LogP contribution in [-0.4, -0.2) is 16.1 Å². The Morgan fingerprint density at radius 3 is 2.50 bits per heavy atom. The number of nitrogens with zero attached hydrogens (tertiary/aromatic N) is 1. The van der Waals surface area contributed by atoms with Crippen LogP contribution in [0.2, 0.25) is 0 Å². The van der Waals surface area contributed by atoms with E-state index in [1.54, 1.807) is 0 Å². The van der Waals surface area contributed by atoms with Crippen molar-refractivity contribution < 1.29 is 27.5 Å². The molecule has 0 saturated heterocycles. The minimum atomic E-state index is -4.35. The van der Waals surface area contributed by atoms with Gasteiger partial charge >= 0.3 is 12.1 Å². The third-order valence-electron chi connectivity index (χ3n) is 3.26. The Balaban J connectivity index is 1.72. The van der Waals surface area contributed by atoms with Crippen molar-refractivity contribution in [3.63, 3.8) is 0 Å². The van der Waals surface area contributed by atoms with Crippen LogP contribution < -0.4 is 0 Å². The van der Waals surface area contributed by atoms with Crippen LogP contribution in [0.4, 0.5) is 13.2 Å². The number of alkyl halides is 3. The third kappa shape index (κ3) is 3.53. The molecule has 1 N–H and O–H groups in total. The van der Waals surface area contributed by atoms with Crippen LogP contribution in [0.3, 0.4) is 0 Å². The summed E-state index contributed by atoms with van der Waals surface area (Å²) in [6.07, 6.45) is -4.35. The molecule has 0 aliphatic rings. The van der Waals surface area contributed by atoms with Gasteiger partial charge in [-0.3, -0.25) is 0 Å². The van der Waals surface area contributed by atoms with Gasteiger partial charge in [0.05, 0.1) is 11.1 Å². The Kier molecular flexibility index (Phi) is 4.23. The van der Waals surface area contributed by atoms with Crippen LogP contribution >= 0.6 is 11.8 Å². The predicted octanol–water partition coefficient (Wildman–Crippen LogP) is 4.84. The molecule has 3 rings (SSSR count). The summed E-state index contributed by atoms with van der Waals surface area (Å²) in [6.45, 7) is 0. The summed E-state index contributed by atoms with van der Waals surface area (Å²) in [7, 11) is 0. The molecule has 8 heteroatoms. The van der Waals surface area contributed by atoms with Gasteiger partial charge in [0.15, 0.2) is 5.58 Å². The zero-order chi connectivity index (χ0) is 17.3. The van der Waals surface area contributed by atoms with Crippen LogP contribution in [0.25, 0.3) is 11.1 Å². The van der Waals surface area contributed by atoms with E-state index in [9.17, 15) is 18.0 Å². The SMILES string of the molecule is O=C(O)c1ccc2oc(SCc3ccc(C(F)(F)F)cc3)nc2c1. The minimum Gasteiger partial charge on any atom is -0.478 e. The lowest BCUT2D eigenvalue weighted by Crippen LogP contribution is -2.04. The van der Waals surface area contributed by atoms with Gasteiger partial charge in [-0.25, -0.2) is 9.78 Å². The first-order chi connectivity index (χ1) is 11.3. The second kappa shape index (κ2) is 6.20. The van der Waals surface area contributed by atoms with E-state index in [0.29, 0.717) is 27.6 Å². The van der Waals surface area contributed by atoms with E-state index >= 15 is 0 Å². The van der Waals surface area contributed by atoms with Crippen molar-refractivity contribution in [3.05, 3.63) is 59.2 Å². The van der Waals surface area contributed by atoms with Gasteiger partial charge in [-0.05, 0) is 35.9 Å². The predicted molar refractivity (Wildman–Crippen MR) is 82.0 cm³/mol. The van der Waals surface area contributed by atoms with E-state index in [0.717, 1.165) is 12.1 Å². The number of oxazole rings is 1. The number of hydrogen-bond acceptors (Lipinski definition) is 4. The number of carboxylic acid groups (broad SMARTS) is 1. The van der Waals surface area contributed by atoms with Crippen LogP contribution in [0, 0.1) is 0 Å². The van der Waals surface area contributed by atoms with Gasteiger partial charge in [-0.2, -0.15) is 13.2 Å². The van der Waals surface area contributed by atoms with Gasteiger partial charge in [0, 0.05) is 5.75 Å². The normalized spacial score (nSPS) is 11.8. The third-order valence-corrected chi connectivity index (χ3v) is 4.16. The molecule has 0 aliphatic heterocycles. The Bertz CT molecular complexity index is 888. The van der Waals surface area contributed by atoms with E-state index in [1.165, 1.54) is 42.1 Å². The van der Waals surface area contributed by atoms with Crippen molar-refractivity contribution in [1.29, 1.82) is 0 Å². The highest BCUT2D eigenvalue weighted by atomic mass is 32.2. The second-order valence-electron chi connectivity index (χ2n) is 4.95. The molecule has 0 amide bonds. The Labute approximate surface area is 138 Å². The molecule has 3 aromatic rings. The molecule has 2 aromatic carbocycles. The van der Waals surface area contributed by atoms with Crippen molar-refractivity contribution in [2.75, 3.05) is 0 Å². The maximum absolute atomic E-state index is 12.5. The molecule has 0 unspecified atom stereocenters. The minimum absolute atomic E-state index is 0.107. The smallest absolute Gasteiger partial charge is 0.416 e. The molecule has 124 valence electrons. The Morgan fingerprint density at radius 2 is 1.88 bits per heavy atom. The maximum atomic E-state index is 12.5. The molecule has 1 heterocycles. The fraction of sp³-hybridized carbons (Fsp3) is 0.125. The maximum Gasteiger partial charge on any atom is 0.416 e. The molecule has 1 aromatic heterocycles. The monoisotopic (exact) mass is 353 g/mol. The number of aromatic carboxylic acids is 1. The fourth-order valence-corrected chi connectivity index (χ4v) is 2.83. The number of hydrogen-bond donors (Lipinski definition) is 1. The average Bonchev–Trinajstić information content (AvgIpc) is 2.94. The number of aromatic nitrogens is 1. The van der Waals surface area contributed by atoms with E-state index in [4.69, 9.17) is 9.52 Å². The zero-order valence-corrected chi connectivity index (χ0v) is 12.8. The summed E-state index contributed by atoms with van der Waals surface area (Å²) < 4.78 is 43.0. The van der Waals surface area contributed by atoms with Crippen LogP contribution in [-0.2, 0) is 11.9 Å². The van der Waals surface area contributed by atoms with E-state index in [-0.39, 0.29) is 5.56 Å². The molecule has 0 fully saturated rings. The molecule has 0 bridgehead atoms. The van der Waals surface area contributed by atoms with Crippen molar-refractivity contribution in [3.8, 4) is 0 Å². The highest BCUT2D eigenvalue weighted by molar-refractivity contribution is 7.98. The molecular weight excluding hydrogens is 343 g/mol. The number of benzene rings is 2. The van der Waals surface area contributed by atoms with E-state index in [2.05, 4.69) is 4.98 Å². The Hall–Kier alpha value is -2.48. The van der Waals surface area contributed by atoms with Crippen molar-refractivity contribution in [2.45, 2.75) is 17.2 Å². The lowest BCUT2D eigenvalue weighted by Gasteiger charge is -2.06. The highest BCUT2D eigenvalue weighted by Gasteiger charge is 2.29. The van der Waals surface area contributed by atoms with Crippen molar-refractivity contribution in [2.24, 2.45) is 0 Å². The van der Waals surface area contributed by atoms with Gasteiger partial charge in [0.1, 0.15) is 5.52 Å². The van der Waals surface area contributed by atoms with Crippen molar-refractivity contribution >= 4 is 28.8 Å². The molecule has 0 atom stereocenters. The summed E-state index contributed by atoms with van der Waals surface area (Å²) >= 11 is 1.22. The molecule has 0 saturated carbocycles. The topological polar surface area (TPSA) is 63.3 Å². The van der Waals surface area contributed by atoms with Crippen LogP contribution in [0.15, 0.2) is 52.1 Å². The van der Waals surface area contributed by atoms with Crippen molar-refractivity contribution in [1.82, 2.24) is 4.98 Å². The molecule has 0 radical (unpaired) electrons.